The van der Waals surface area contributed by atoms with Gasteiger partial charge in [-0.1, -0.05) is 35.3 Å². The first-order valence-corrected chi connectivity index (χ1v) is 6.27. The summed E-state index contributed by atoms with van der Waals surface area (Å²) in [7, 11) is 0. The number of aliphatic hydroxyl groups excluding tert-OH is 1. The number of aliphatic hydroxyl groups is 1. The molecule has 0 aliphatic rings. The van der Waals surface area contributed by atoms with Crippen LogP contribution in [0.2, 0.25) is 10.2 Å². The van der Waals surface area contributed by atoms with Crippen LogP contribution in [0.25, 0.3) is 0 Å². The summed E-state index contributed by atoms with van der Waals surface area (Å²) in [5.74, 6) is 0.543. The van der Waals surface area contributed by atoms with E-state index in [4.69, 9.17) is 28.9 Å². The van der Waals surface area contributed by atoms with Crippen molar-refractivity contribution in [1.29, 1.82) is 0 Å². The van der Waals surface area contributed by atoms with Gasteiger partial charge in [-0.25, -0.2) is 4.98 Å². The van der Waals surface area contributed by atoms with E-state index < -0.39 is 6.10 Å². The molecular formula is C12H12Cl2N4O. The number of hydrogen-bond acceptors (Lipinski definition) is 5. The molecule has 1 heterocycles. The van der Waals surface area contributed by atoms with Gasteiger partial charge in [0.2, 0.25) is 5.95 Å². The van der Waals surface area contributed by atoms with Gasteiger partial charge in [0.05, 0.1) is 6.10 Å². The molecule has 0 bridgehead atoms. The second kappa shape index (κ2) is 6.06. The molecule has 0 amide bonds. The van der Waals surface area contributed by atoms with E-state index in [1.165, 1.54) is 6.07 Å². The highest BCUT2D eigenvalue weighted by atomic mass is 35.5. The maximum absolute atomic E-state index is 10.00. The Bertz CT molecular complexity index is 542. The molecule has 0 radical (unpaired) electrons. The lowest BCUT2D eigenvalue weighted by Gasteiger charge is -2.13. The minimum absolute atomic E-state index is 0.0796. The van der Waals surface area contributed by atoms with E-state index in [0.717, 1.165) is 5.56 Å². The van der Waals surface area contributed by atoms with Gasteiger partial charge < -0.3 is 16.2 Å². The zero-order chi connectivity index (χ0) is 13.8. The van der Waals surface area contributed by atoms with Crippen LogP contribution < -0.4 is 11.1 Å². The molecule has 0 aliphatic carbocycles. The van der Waals surface area contributed by atoms with Crippen LogP contribution in [-0.2, 0) is 0 Å². The lowest BCUT2D eigenvalue weighted by molar-refractivity contribution is 0.191. The summed E-state index contributed by atoms with van der Waals surface area (Å²) in [5, 5.41) is 13.8. The van der Waals surface area contributed by atoms with Crippen molar-refractivity contribution in [3.8, 4) is 0 Å². The quantitative estimate of drug-likeness (QED) is 0.755. The smallest absolute Gasteiger partial charge is 0.223 e. The number of halogens is 2. The normalized spacial score (nSPS) is 12.2. The fourth-order valence-electron chi connectivity index (χ4n) is 1.53. The van der Waals surface area contributed by atoms with Gasteiger partial charge in [-0.05, 0) is 17.7 Å². The molecule has 1 aromatic carbocycles. The van der Waals surface area contributed by atoms with E-state index in [-0.39, 0.29) is 17.6 Å². The number of nitrogens with two attached hydrogens (primary N) is 1. The van der Waals surface area contributed by atoms with Gasteiger partial charge in [-0.3, -0.25) is 0 Å². The number of nitrogens with zero attached hydrogens (tertiary/aromatic N) is 2. The van der Waals surface area contributed by atoms with Crippen molar-refractivity contribution in [2.24, 2.45) is 0 Å². The van der Waals surface area contributed by atoms with Crippen molar-refractivity contribution in [1.82, 2.24) is 9.97 Å². The first kappa shape index (κ1) is 13.9. The maximum Gasteiger partial charge on any atom is 0.223 e. The van der Waals surface area contributed by atoms with Crippen LogP contribution in [0.3, 0.4) is 0 Å². The van der Waals surface area contributed by atoms with Crippen LogP contribution in [0.15, 0.2) is 30.3 Å². The van der Waals surface area contributed by atoms with E-state index in [1.807, 2.05) is 0 Å². The molecule has 0 spiro atoms. The summed E-state index contributed by atoms with van der Waals surface area (Å²) in [6.07, 6.45) is -0.688. The zero-order valence-electron chi connectivity index (χ0n) is 9.85. The van der Waals surface area contributed by atoms with Gasteiger partial charge in [0.1, 0.15) is 11.0 Å². The first-order chi connectivity index (χ1) is 9.04. The number of aromatic nitrogens is 2. The van der Waals surface area contributed by atoms with Crippen LogP contribution in [0, 0.1) is 0 Å². The number of anilines is 2. The Kier molecular flexibility index (Phi) is 4.42. The van der Waals surface area contributed by atoms with Crippen molar-refractivity contribution in [3.05, 3.63) is 46.1 Å². The van der Waals surface area contributed by atoms with Crippen LogP contribution >= 0.6 is 23.2 Å². The van der Waals surface area contributed by atoms with Crippen molar-refractivity contribution in [2.45, 2.75) is 6.10 Å². The highest BCUT2D eigenvalue weighted by Crippen LogP contribution is 2.18. The van der Waals surface area contributed by atoms with Gasteiger partial charge >= 0.3 is 0 Å². The second-order valence-electron chi connectivity index (χ2n) is 3.88. The van der Waals surface area contributed by atoms with Crippen molar-refractivity contribution in [3.63, 3.8) is 0 Å². The van der Waals surface area contributed by atoms with Gasteiger partial charge in [-0.15, -0.1) is 0 Å². The molecule has 0 aliphatic heterocycles. The Hall–Kier alpha value is -1.56. The Morgan fingerprint density at radius 1 is 1.21 bits per heavy atom. The monoisotopic (exact) mass is 298 g/mol. The van der Waals surface area contributed by atoms with E-state index in [9.17, 15) is 5.11 Å². The van der Waals surface area contributed by atoms with Crippen LogP contribution in [-0.4, -0.2) is 21.6 Å². The van der Waals surface area contributed by atoms with Crippen LogP contribution in [0.4, 0.5) is 11.8 Å². The molecule has 1 atom stereocenters. The highest BCUT2D eigenvalue weighted by molar-refractivity contribution is 6.30. The van der Waals surface area contributed by atoms with E-state index in [0.29, 0.717) is 10.8 Å². The lowest BCUT2D eigenvalue weighted by atomic mass is 10.1. The molecule has 1 aromatic heterocycles. The molecular weight excluding hydrogens is 287 g/mol. The third-order valence-electron chi connectivity index (χ3n) is 2.44. The summed E-state index contributed by atoms with van der Waals surface area (Å²) < 4.78 is 0. The minimum Gasteiger partial charge on any atom is -0.387 e. The SMILES string of the molecule is Nc1nc(Cl)cc(NCC(O)c2ccc(Cl)cc2)n1. The standard InChI is InChI=1S/C12H12Cl2N4O/c13-8-3-1-7(2-4-8)9(19)6-16-11-5-10(14)17-12(15)18-11/h1-5,9,19H,6H2,(H3,15,16,17,18). The predicted molar refractivity (Wildman–Crippen MR) is 76.4 cm³/mol. The van der Waals surface area contributed by atoms with Gasteiger partial charge in [0.15, 0.2) is 0 Å². The first-order valence-electron chi connectivity index (χ1n) is 5.52. The molecule has 0 fully saturated rings. The molecule has 0 saturated heterocycles. The highest BCUT2D eigenvalue weighted by Gasteiger charge is 2.08. The van der Waals surface area contributed by atoms with E-state index in [2.05, 4.69) is 15.3 Å². The molecule has 1 unspecified atom stereocenters. The predicted octanol–water partition coefficient (Wildman–Crippen LogP) is 2.51. The Labute approximate surface area is 120 Å². The second-order valence-corrected chi connectivity index (χ2v) is 4.71. The molecule has 0 saturated carbocycles. The fraction of sp³-hybridized carbons (Fsp3) is 0.167. The van der Waals surface area contributed by atoms with Gasteiger partial charge in [0, 0.05) is 17.6 Å². The zero-order valence-corrected chi connectivity index (χ0v) is 11.4. The molecule has 2 aromatic rings. The Morgan fingerprint density at radius 3 is 2.53 bits per heavy atom. The summed E-state index contributed by atoms with van der Waals surface area (Å²) in [6, 6.07) is 8.50. The van der Waals surface area contributed by atoms with Crippen molar-refractivity contribution in [2.75, 3.05) is 17.6 Å². The summed E-state index contributed by atoms with van der Waals surface area (Å²) >= 11 is 11.5. The molecule has 100 valence electrons. The molecule has 2 rings (SSSR count). The molecule has 4 N–H and O–H groups in total. The minimum atomic E-state index is -0.688. The van der Waals surface area contributed by atoms with Crippen molar-refractivity contribution < 1.29 is 5.11 Å². The maximum atomic E-state index is 10.00. The Balaban J connectivity index is 1.99. The van der Waals surface area contributed by atoms with Gasteiger partial charge in [0.25, 0.3) is 0 Å². The van der Waals surface area contributed by atoms with E-state index >= 15 is 0 Å². The average Bonchev–Trinajstić information content (AvgIpc) is 2.36. The summed E-state index contributed by atoms with van der Waals surface area (Å²) in [4.78, 5) is 7.70. The largest absolute Gasteiger partial charge is 0.387 e. The number of hydrogen-bond donors (Lipinski definition) is 3. The molecule has 19 heavy (non-hydrogen) atoms. The van der Waals surface area contributed by atoms with Gasteiger partial charge in [-0.2, -0.15) is 4.98 Å². The number of rotatable bonds is 4. The molecule has 5 nitrogen and oxygen atoms in total. The number of benzene rings is 1. The third kappa shape index (κ3) is 3.96. The van der Waals surface area contributed by atoms with Crippen LogP contribution in [0.1, 0.15) is 11.7 Å². The van der Waals surface area contributed by atoms with Crippen molar-refractivity contribution >= 4 is 35.0 Å². The topological polar surface area (TPSA) is 84.1 Å². The lowest BCUT2D eigenvalue weighted by Crippen LogP contribution is -2.13. The number of nitrogen functional groups attached to an aromatic ring is 1. The third-order valence-corrected chi connectivity index (χ3v) is 2.89. The average molecular weight is 299 g/mol. The summed E-state index contributed by atoms with van der Waals surface area (Å²) in [5.41, 5.74) is 6.22. The summed E-state index contributed by atoms with van der Waals surface area (Å²) in [6.45, 7) is 0.272. The Morgan fingerprint density at radius 2 is 1.89 bits per heavy atom. The number of nitrogens with one attached hydrogen (secondary N) is 1. The van der Waals surface area contributed by atoms with E-state index in [1.54, 1.807) is 24.3 Å². The molecule has 7 heteroatoms. The van der Waals surface area contributed by atoms with Crippen LogP contribution in [0.5, 0.6) is 0 Å². The fourth-order valence-corrected chi connectivity index (χ4v) is 1.85.